The average molecular weight is 507 g/mol. The molecular weight excluding hydrogens is 476 g/mol. The molecule has 0 radical (unpaired) electrons. The fourth-order valence-corrected chi connectivity index (χ4v) is 3.36. The van der Waals surface area contributed by atoms with Gasteiger partial charge in [-0.1, -0.05) is 18.2 Å². The summed E-state index contributed by atoms with van der Waals surface area (Å²) in [6.45, 7) is 0.355. The molecule has 0 bridgehead atoms. The molecule has 5 unspecified atom stereocenters. The van der Waals surface area contributed by atoms with Gasteiger partial charge < -0.3 is 47.7 Å². The van der Waals surface area contributed by atoms with Crippen molar-refractivity contribution >= 4 is 40.5 Å². The number of hydrogen-bond acceptors (Lipinski definition) is 8. The van der Waals surface area contributed by atoms with Crippen molar-refractivity contribution < 1.29 is 39.3 Å². The number of aliphatic carboxylic acids is 1. The van der Waals surface area contributed by atoms with Crippen molar-refractivity contribution in [3.8, 4) is 0 Å². The van der Waals surface area contributed by atoms with E-state index in [4.69, 9.17) is 11.5 Å². The van der Waals surface area contributed by atoms with Crippen LogP contribution in [0, 0.1) is 0 Å². The van der Waals surface area contributed by atoms with Crippen LogP contribution in [0.15, 0.2) is 30.5 Å². The quantitative estimate of drug-likeness (QED) is 0.133. The number of H-pyrrole nitrogens is 1. The topological polar surface area (TPSA) is 250 Å². The van der Waals surface area contributed by atoms with Gasteiger partial charge in [-0.15, -0.1) is 0 Å². The summed E-state index contributed by atoms with van der Waals surface area (Å²) >= 11 is 0. The van der Waals surface area contributed by atoms with Crippen molar-refractivity contribution in [3.05, 3.63) is 36.0 Å². The number of fused-ring (bicyclic) bond motifs is 1. The number of carboxylic acid groups (broad SMARTS) is 1. The predicted octanol–water partition coefficient (Wildman–Crippen LogP) is -3.17. The van der Waals surface area contributed by atoms with E-state index in [2.05, 4.69) is 20.9 Å². The SMILES string of the molecule is CC(O)C(N)C(=O)NC(CO)C(=O)NC(CC(N)=O)C(=O)NC(Cc1c[nH]c2ccccc12)C(=O)O. The molecule has 0 saturated carbocycles. The van der Waals surface area contributed by atoms with Crippen LogP contribution in [-0.2, 0) is 30.4 Å². The number of rotatable bonds is 13. The second-order valence-corrected chi connectivity index (χ2v) is 8.20. The minimum absolute atomic E-state index is 0.102. The molecule has 0 aliphatic carbocycles. The first-order valence-electron chi connectivity index (χ1n) is 11.0. The van der Waals surface area contributed by atoms with Gasteiger partial charge in [-0.25, -0.2) is 4.79 Å². The summed E-state index contributed by atoms with van der Waals surface area (Å²) in [6.07, 6.45) is -0.418. The molecule has 14 nitrogen and oxygen atoms in total. The predicted molar refractivity (Wildman–Crippen MR) is 126 cm³/mol. The van der Waals surface area contributed by atoms with E-state index in [-0.39, 0.29) is 6.42 Å². The highest BCUT2D eigenvalue weighted by atomic mass is 16.4. The first-order chi connectivity index (χ1) is 16.9. The fourth-order valence-electron chi connectivity index (χ4n) is 3.36. The number of carbonyl (C=O) groups is 5. The largest absolute Gasteiger partial charge is 0.480 e. The van der Waals surface area contributed by atoms with Crippen molar-refractivity contribution in [3.63, 3.8) is 0 Å². The van der Waals surface area contributed by atoms with E-state index in [0.29, 0.717) is 5.56 Å². The highest BCUT2D eigenvalue weighted by Crippen LogP contribution is 2.19. The van der Waals surface area contributed by atoms with E-state index >= 15 is 0 Å². The maximum atomic E-state index is 12.8. The lowest BCUT2D eigenvalue weighted by molar-refractivity contribution is -0.142. The van der Waals surface area contributed by atoms with Gasteiger partial charge in [0.15, 0.2) is 0 Å². The van der Waals surface area contributed by atoms with Gasteiger partial charge in [0.1, 0.15) is 24.2 Å². The Bertz CT molecular complexity index is 1120. The smallest absolute Gasteiger partial charge is 0.326 e. The molecule has 196 valence electrons. The number of aromatic amines is 1. The number of para-hydroxylation sites is 1. The molecular formula is C22H30N6O8. The third-order valence-corrected chi connectivity index (χ3v) is 5.39. The van der Waals surface area contributed by atoms with Gasteiger partial charge in [0.25, 0.3) is 0 Å². The maximum Gasteiger partial charge on any atom is 0.326 e. The molecule has 0 spiro atoms. The Morgan fingerprint density at radius 3 is 2.14 bits per heavy atom. The second-order valence-electron chi connectivity index (χ2n) is 8.20. The standard InChI is InChI=1S/C22H30N6O8/c1-10(30)18(24)21(34)28-16(9-29)20(33)26-14(7-17(23)31)19(32)27-15(22(35)36)6-11-8-25-13-5-3-2-4-12(11)13/h2-5,8,10,14-16,18,25,29-30H,6-7,9,24H2,1H3,(H2,23,31)(H,26,33)(H,27,32)(H,28,34)(H,35,36). The molecule has 0 aliphatic heterocycles. The second kappa shape index (κ2) is 12.6. The van der Waals surface area contributed by atoms with Gasteiger partial charge in [0.05, 0.1) is 19.1 Å². The van der Waals surface area contributed by atoms with Crippen LogP contribution in [0.5, 0.6) is 0 Å². The van der Waals surface area contributed by atoms with E-state index in [1.807, 2.05) is 0 Å². The van der Waals surface area contributed by atoms with Gasteiger partial charge in [0.2, 0.25) is 23.6 Å². The zero-order chi connectivity index (χ0) is 27.0. The van der Waals surface area contributed by atoms with E-state index in [0.717, 1.165) is 10.9 Å². The summed E-state index contributed by atoms with van der Waals surface area (Å²) in [6, 6.07) is 1.18. The van der Waals surface area contributed by atoms with Crippen molar-refractivity contribution in [1.82, 2.24) is 20.9 Å². The number of carbonyl (C=O) groups excluding carboxylic acids is 4. The Morgan fingerprint density at radius 2 is 1.56 bits per heavy atom. The summed E-state index contributed by atoms with van der Waals surface area (Å²) in [5, 5.41) is 35.9. The molecule has 1 aromatic carbocycles. The number of nitrogens with one attached hydrogen (secondary N) is 4. The molecule has 11 N–H and O–H groups in total. The van der Waals surface area contributed by atoms with E-state index in [9.17, 15) is 39.3 Å². The van der Waals surface area contributed by atoms with Crippen LogP contribution in [0.2, 0.25) is 0 Å². The number of benzene rings is 1. The molecule has 0 fully saturated rings. The molecule has 1 aromatic heterocycles. The average Bonchev–Trinajstić information content (AvgIpc) is 3.23. The number of amides is 4. The zero-order valence-corrected chi connectivity index (χ0v) is 19.4. The minimum atomic E-state index is -1.60. The third kappa shape index (κ3) is 7.49. The van der Waals surface area contributed by atoms with Crippen molar-refractivity contribution in [2.75, 3.05) is 6.61 Å². The molecule has 4 amide bonds. The number of nitrogens with two attached hydrogens (primary N) is 2. The molecule has 14 heteroatoms. The highest BCUT2D eigenvalue weighted by molar-refractivity contribution is 5.96. The Kier molecular flexibility index (Phi) is 9.90. The van der Waals surface area contributed by atoms with Crippen LogP contribution in [0.3, 0.4) is 0 Å². The number of aromatic nitrogens is 1. The van der Waals surface area contributed by atoms with Gasteiger partial charge in [-0.2, -0.15) is 0 Å². The molecule has 36 heavy (non-hydrogen) atoms. The highest BCUT2D eigenvalue weighted by Gasteiger charge is 2.32. The molecule has 1 heterocycles. The van der Waals surface area contributed by atoms with Crippen molar-refractivity contribution in [2.24, 2.45) is 11.5 Å². The van der Waals surface area contributed by atoms with Crippen LogP contribution in [0.1, 0.15) is 18.9 Å². The third-order valence-electron chi connectivity index (χ3n) is 5.39. The lowest BCUT2D eigenvalue weighted by Gasteiger charge is -2.24. The number of aliphatic hydroxyl groups excluding tert-OH is 2. The van der Waals surface area contributed by atoms with Crippen LogP contribution >= 0.6 is 0 Å². The number of hydrogen-bond donors (Lipinski definition) is 9. The molecule has 2 rings (SSSR count). The molecule has 5 atom stereocenters. The van der Waals surface area contributed by atoms with Crippen LogP contribution < -0.4 is 27.4 Å². The molecule has 0 aliphatic rings. The Balaban J connectivity index is 2.14. The summed E-state index contributed by atoms with van der Waals surface area (Å²) < 4.78 is 0. The molecule has 0 saturated heterocycles. The number of primary amides is 1. The zero-order valence-electron chi connectivity index (χ0n) is 19.4. The lowest BCUT2D eigenvalue weighted by Crippen LogP contribution is -2.59. The summed E-state index contributed by atoms with van der Waals surface area (Å²) in [4.78, 5) is 63.8. The summed E-state index contributed by atoms with van der Waals surface area (Å²) in [5.41, 5.74) is 12.1. The van der Waals surface area contributed by atoms with E-state index in [1.54, 1.807) is 30.5 Å². The van der Waals surface area contributed by atoms with Crippen LogP contribution in [0.4, 0.5) is 0 Å². The van der Waals surface area contributed by atoms with Crippen LogP contribution in [0.25, 0.3) is 10.9 Å². The molecule has 2 aromatic rings. The van der Waals surface area contributed by atoms with Crippen molar-refractivity contribution in [2.45, 2.75) is 50.0 Å². The number of carboxylic acids is 1. The summed E-state index contributed by atoms with van der Waals surface area (Å²) in [7, 11) is 0. The summed E-state index contributed by atoms with van der Waals surface area (Å²) in [5.74, 6) is -5.35. The Morgan fingerprint density at radius 1 is 0.972 bits per heavy atom. The van der Waals surface area contributed by atoms with E-state index < -0.39 is 72.9 Å². The first-order valence-corrected chi connectivity index (χ1v) is 11.0. The Labute approximate surface area is 205 Å². The lowest BCUT2D eigenvalue weighted by atomic mass is 10.0. The fraction of sp³-hybridized carbons (Fsp3) is 0.409. The normalized spacial score (nSPS) is 15.2. The number of aliphatic hydroxyl groups is 2. The maximum absolute atomic E-state index is 12.8. The van der Waals surface area contributed by atoms with Crippen molar-refractivity contribution in [1.29, 1.82) is 0 Å². The first kappa shape index (κ1) is 28.2. The van der Waals surface area contributed by atoms with Gasteiger partial charge >= 0.3 is 5.97 Å². The Hall–Kier alpha value is -4.01. The monoisotopic (exact) mass is 506 g/mol. The van der Waals surface area contributed by atoms with Gasteiger partial charge in [0, 0.05) is 23.5 Å². The van der Waals surface area contributed by atoms with E-state index in [1.165, 1.54) is 6.92 Å². The minimum Gasteiger partial charge on any atom is -0.480 e. The van der Waals surface area contributed by atoms with Gasteiger partial charge in [-0.3, -0.25) is 19.2 Å². The van der Waals surface area contributed by atoms with Crippen LogP contribution in [-0.4, -0.2) is 86.8 Å². The van der Waals surface area contributed by atoms with Gasteiger partial charge in [-0.05, 0) is 18.6 Å².